The number of aromatic nitrogens is 3. The Labute approximate surface area is 315 Å². The molecule has 1 aromatic carbocycles. The number of halogens is 2. The summed E-state index contributed by atoms with van der Waals surface area (Å²) in [4.78, 5) is 33.1. The second-order valence-corrected chi connectivity index (χ2v) is 17.1. The molecule has 14 heteroatoms. The normalized spacial score (nSPS) is 27.4. The molecule has 8 rings (SSSR count). The first-order valence-corrected chi connectivity index (χ1v) is 19.7. The van der Waals surface area contributed by atoms with Crippen molar-refractivity contribution in [2.24, 2.45) is 0 Å². The van der Waals surface area contributed by atoms with Crippen LogP contribution in [0.2, 0.25) is 0 Å². The zero-order valence-corrected chi connectivity index (χ0v) is 31.8. The van der Waals surface area contributed by atoms with Gasteiger partial charge in [0.2, 0.25) is 0 Å². The maximum Gasteiger partial charge on any atom is 0.407 e. The van der Waals surface area contributed by atoms with Crippen LogP contribution in [0.1, 0.15) is 89.7 Å². The number of amides is 1. The SMILES string of the molecule is CCC1CCc2cc(O)cc(-c3ncc4c(N5CC6CCC(C5)N6CC(O)CNC(=O)OC(C)(C)C)nc(OC[C@@]56CCCN5C[C@H](F)C6)nc4c3F)c21. The Morgan fingerprint density at radius 3 is 2.67 bits per heavy atom. The number of alkyl carbamates (subject to hydrolysis) is 1. The molecule has 0 radical (unpaired) electrons. The maximum atomic E-state index is 17.1. The van der Waals surface area contributed by atoms with Crippen LogP contribution in [-0.2, 0) is 11.2 Å². The van der Waals surface area contributed by atoms with Crippen LogP contribution in [-0.4, -0.2) is 122 Å². The molecule has 4 aliphatic heterocycles. The van der Waals surface area contributed by atoms with Crippen molar-refractivity contribution in [3.63, 3.8) is 0 Å². The minimum absolute atomic E-state index is 0.0445. The van der Waals surface area contributed by atoms with Crippen molar-refractivity contribution in [2.45, 2.75) is 120 Å². The lowest BCUT2D eigenvalue weighted by Crippen LogP contribution is -2.56. The number of phenols is 1. The molecular formula is C40H53F2N7O5. The molecule has 5 aliphatic rings. The third kappa shape index (κ3) is 7.05. The minimum Gasteiger partial charge on any atom is -0.508 e. The number of ether oxygens (including phenoxy) is 2. The Hall–Kier alpha value is -3.88. The number of benzene rings is 1. The van der Waals surface area contributed by atoms with E-state index in [1.54, 1.807) is 39.1 Å². The average Bonchev–Trinajstić information content (AvgIpc) is 3.84. The largest absolute Gasteiger partial charge is 0.508 e. The molecule has 4 saturated heterocycles. The lowest BCUT2D eigenvalue weighted by atomic mass is 9.91. The van der Waals surface area contributed by atoms with Gasteiger partial charge in [-0.15, -0.1) is 0 Å². The highest BCUT2D eigenvalue weighted by Crippen LogP contribution is 2.45. The number of carbonyl (C=O) groups excluding carboxylic acids is 1. The van der Waals surface area contributed by atoms with Gasteiger partial charge in [-0.05, 0) is 101 Å². The first-order chi connectivity index (χ1) is 25.8. The molecular weight excluding hydrogens is 696 g/mol. The molecule has 1 amide bonds. The Morgan fingerprint density at radius 2 is 1.93 bits per heavy atom. The van der Waals surface area contributed by atoms with E-state index in [9.17, 15) is 19.4 Å². The molecule has 0 spiro atoms. The quantitative estimate of drug-likeness (QED) is 0.244. The number of aromatic hydroxyl groups is 1. The Morgan fingerprint density at radius 1 is 1.15 bits per heavy atom. The number of pyridine rings is 1. The van der Waals surface area contributed by atoms with Crippen LogP contribution >= 0.6 is 0 Å². The zero-order chi connectivity index (χ0) is 37.9. The van der Waals surface area contributed by atoms with Gasteiger partial charge in [0.05, 0.1) is 17.0 Å². The van der Waals surface area contributed by atoms with Gasteiger partial charge in [-0.25, -0.2) is 13.6 Å². The van der Waals surface area contributed by atoms with Crippen molar-refractivity contribution < 1.29 is 33.3 Å². The van der Waals surface area contributed by atoms with Crippen molar-refractivity contribution >= 4 is 22.8 Å². The number of aryl methyl sites for hydroxylation is 1. The van der Waals surface area contributed by atoms with Gasteiger partial charge in [0, 0.05) is 63.0 Å². The highest BCUT2D eigenvalue weighted by atomic mass is 19.1. The highest BCUT2D eigenvalue weighted by Gasteiger charge is 2.49. The molecule has 2 bridgehead atoms. The number of nitrogens with zero attached hydrogens (tertiary/aromatic N) is 6. The fraction of sp³-hybridized carbons (Fsp3) is 0.650. The van der Waals surface area contributed by atoms with Crippen molar-refractivity contribution in [3.8, 4) is 23.0 Å². The van der Waals surface area contributed by atoms with Gasteiger partial charge in [0.15, 0.2) is 5.82 Å². The number of hydrogen-bond donors (Lipinski definition) is 3. The first-order valence-electron chi connectivity index (χ1n) is 19.7. The van der Waals surface area contributed by atoms with Crippen LogP contribution in [0, 0.1) is 5.82 Å². The minimum atomic E-state index is -0.914. The van der Waals surface area contributed by atoms with Crippen LogP contribution < -0.4 is 15.0 Å². The molecule has 6 atom stereocenters. The van der Waals surface area contributed by atoms with E-state index in [-0.39, 0.29) is 54.1 Å². The van der Waals surface area contributed by atoms with Gasteiger partial charge >= 0.3 is 12.1 Å². The second kappa shape index (κ2) is 14.3. The van der Waals surface area contributed by atoms with E-state index in [1.807, 2.05) is 0 Å². The summed E-state index contributed by atoms with van der Waals surface area (Å²) < 4.78 is 43.4. The number of piperazine rings is 1. The van der Waals surface area contributed by atoms with Crippen LogP contribution in [0.4, 0.5) is 19.4 Å². The zero-order valence-electron chi connectivity index (χ0n) is 31.8. The number of anilines is 1. The van der Waals surface area contributed by atoms with E-state index < -0.39 is 35.3 Å². The summed E-state index contributed by atoms with van der Waals surface area (Å²) in [7, 11) is 0. The molecule has 3 N–H and O–H groups in total. The summed E-state index contributed by atoms with van der Waals surface area (Å²) in [5.41, 5.74) is 1.81. The predicted octanol–water partition coefficient (Wildman–Crippen LogP) is 5.47. The molecule has 1 aliphatic carbocycles. The Bertz CT molecular complexity index is 1900. The number of aliphatic hydroxyl groups is 1. The number of rotatable bonds is 10. The van der Waals surface area contributed by atoms with Crippen LogP contribution in [0.15, 0.2) is 18.3 Å². The molecule has 4 unspecified atom stereocenters. The fourth-order valence-electron chi connectivity index (χ4n) is 9.91. The number of alkyl halides is 1. The summed E-state index contributed by atoms with van der Waals surface area (Å²) in [6, 6.07) is 3.62. The van der Waals surface area contributed by atoms with E-state index in [2.05, 4.69) is 31.9 Å². The van der Waals surface area contributed by atoms with E-state index in [0.29, 0.717) is 49.4 Å². The molecule has 2 aromatic heterocycles. The van der Waals surface area contributed by atoms with E-state index in [1.165, 1.54) is 0 Å². The summed E-state index contributed by atoms with van der Waals surface area (Å²) in [6.45, 7) is 10.5. The van der Waals surface area contributed by atoms with Gasteiger partial charge in [-0.1, -0.05) is 6.92 Å². The smallest absolute Gasteiger partial charge is 0.407 e. The summed E-state index contributed by atoms with van der Waals surface area (Å²) in [6.07, 6.45) is 6.04. The monoisotopic (exact) mass is 749 g/mol. The van der Waals surface area contributed by atoms with Crippen LogP contribution in [0.25, 0.3) is 22.2 Å². The third-order valence-corrected chi connectivity index (χ3v) is 12.3. The number of carbonyl (C=O) groups is 1. The number of phenolic OH excluding ortho intramolecular Hbond substituents is 1. The second-order valence-electron chi connectivity index (χ2n) is 17.1. The Kier molecular flexibility index (Phi) is 9.83. The first kappa shape index (κ1) is 37.1. The molecule has 0 saturated carbocycles. The van der Waals surface area contributed by atoms with Gasteiger partial charge < -0.3 is 29.9 Å². The van der Waals surface area contributed by atoms with E-state index in [0.717, 1.165) is 62.6 Å². The number of fused-ring (bicyclic) bond motifs is 5. The number of hydrogen-bond acceptors (Lipinski definition) is 11. The van der Waals surface area contributed by atoms with Gasteiger partial charge in [-0.2, -0.15) is 9.97 Å². The maximum absolute atomic E-state index is 17.1. The van der Waals surface area contributed by atoms with Crippen molar-refractivity contribution in [3.05, 3.63) is 35.3 Å². The Balaban J connectivity index is 1.10. The highest BCUT2D eigenvalue weighted by molar-refractivity contribution is 5.92. The topological polar surface area (TPSA) is 136 Å². The summed E-state index contributed by atoms with van der Waals surface area (Å²) in [5.74, 6) is 0.254. The lowest BCUT2D eigenvalue weighted by Gasteiger charge is -2.42. The molecule has 292 valence electrons. The predicted molar refractivity (Wildman–Crippen MR) is 200 cm³/mol. The van der Waals surface area contributed by atoms with E-state index in [4.69, 9.17) is 19.4 Å². The van der Waals surface area contributed by atoms with E-state index >= 15 is 4.39 Å². The fourth-order valence-corrected chi connectivity index (χ4v) is 9.91. The molecule has 6 heterocycles. The van der Waals surface area contributed by atoms with Gasteiger partial charge in [0.25, 0.3) is 0 Å². The third-order valence-electron chi connectivity index (χ3n) is 12.3. The molecule has 3 aromatic rings. The van der Waals surface area contributed by atoms with Gasteiger partial charge in [-0.3, -0.25) is 14.8 Å². The number of aliphatic hydroxyl groups excluding tert-OH is 1. The summed E-state index contributed by atoms with van der Waals surface area (Å²) in [5, 5.41) is 24.7. The van der Waals surface area contributed by atoms with Crippen LogP contribution in [0.3, 0.4) is 0 Å². The standard InChI is InChI=1S/C40H53F2N7O5/c1-5-23-7-8-24-13-28(50)14-30(32(23)24)34-33(42)35-31(17-43-34)36(46-37(45-35)53-22-40-11-6-12-48(40)18-25(41)15-40)47-19-26-9-10-27(20-47)49(26)21-29(51)16-44-38(52)54-39(2,3)4/h13-14,17,23,25-27,29,50-51H,5-12,15-16,18-22H2,1-4H3,(H,44,52)/t23?,25-,26?,27?,29?,40+/m1/s1. The molecule has 54 heavy (non-hydrogen) atoms. The van der Waals surface area contributed by atoms with Crippen LogP contribution in [0.5, 0.6) is 11.8 Å². The lowest BCUT2D eigenvalue weighted by molar-refractivity contribution is 0.0433. The molecule has 12 nitrogen and oxygen atoms in total. The summed E-state index contributed by atoms with van der Waals surface area (Å²) >= 11 is 0. The van der Waals surface area contributed by atoms with Crippen molar-refractivity contribution in [1.29, 1.82) is 0 Å². The van der Waals surface area contributed by atoms with Crippen molar-refractivity contribution in [1.82, 2.24) is 30.1 Å². The van der Waals surface area contributed by atoms with Gasteiger partial charge in [0.1, 0.15) is 41.2 Å². The van der Waals surface area contributed by atoms with Crippen molar-refractivity contribution in [2.75, 3.05) is 50.8 Å². The average molecular weight is 750 g/mol. The molecule has 4 fully saturated rings. The number of nitrogens with one attached hydrogen (secondary N) is 1.